The summed E-state index contributed by atoms with van der Waals surface area (Å²) in [5.41, 5.74) is 1.50. The number of aromatic nitrogens is 1. The van der Waals surface area contributed by atoms with Crippen molar-refractivity contribution in [3.63, 3.8) is 0 Å². The van der Waals surface area contributed by atoms with E-state index in [4.69, 9.17) is 0 Å². The summed E-state index contributed by atoms with van der Waals surface area (Å²) in [6.07, 6.45) is 1.59. The molecule has 1 aliphatic rings. The molecule has 1 aromatic rings. The van der Waals surface area contributed by atoms with Crippen molar-refractivity contribution in [1.29, 1.82) is 0 Å². The highest BCUT2D eigenvalue weighted by Gasteiger charge is 2.25. The van der Waals surface area contributed by atoms with Gasteiger partial charge < -0.3 is 4.74 Å². The number of rotatable bonds is 3. The number of thioether (sulfide) groups is 1. The average molecular weight is 280 g/mol. The Morgan fingerprint density at radius 3 is 2.95 bits per heavy atom. The molecule has 2 unspecified atom stereocenters. The number of hydrogen-bond acceptors (Lipinski definition) is 5. The van der Waals surface area contributed by atoms with E-state index >= 15 is 0 Å². The molecule has 1 fully saturated rings. The molecule has 2 atom stereocenters. The average Bonchev–Trinajstić information content (AvgIpc) is 2.44. The third kappa shape index (κ3) is 3.48. The lowest BCUT2D eigenvalue weighted by Gasteiger charge is -2.37. The topological polar surface area (TPSA) is 42.4 Å². The number of pyridine rings is 1. The molecule has 0 aliphatic carbocycles. The number of methoxy groups -OCH3 is 1. The van der Waals surface area contributed by atoms with Crippen LogP contribution in [0.1, 0.15) is 29.9 Å². The zero-order chi connectivity index (χ0) is 13.8. The Balaban J connectivity index is 2.01. The minimum absolute atomic E-state index is 0.338. The molecule has 0 saturated carbocycles. The molecule has 0 bridgehead atoms. The van der Waals surface area contributed by atoms with Gasteiger partial charge >= 0.3 is 5.97 Å². The van der Waals surface area contributed by atoms with Crippen LogP contribution in [0.2, 0.25) is 0 Å². The van der Waals surface area contributed by atoms with Crippen LogP contribution in [0.5, 0.6) is 0 Å². The number of hydrogen-bond donors (Lipinski definition) is 0. The van der Waals surface area contributed by atoms with E-state index in [9.17, 15) is 4.79 Å². The Labute approximate surface area is 118 Å². The standard InChI is InChI=1S/C14H20N2O2S/c1-10-11(2)19-7-6-16(10)9-13-5-4-12(8-15-13)14(17)18-3/h4-5,8,10-11H,6-7,9H2,1-3H3. The second kappa shape index (κ2) is 6.39. The smallest absolute Gasteiger partial charge is 0.339 e. The molecule has 19 heavy (non-hydrogen) atoms. The van der Waals surface area contributed by atoms with Crippen molar-refractivity contribution >= 4 is 17.7 Å². The van der Waals surface area contributed by atoms with Crippen LogP contribution >= 0.6 is 11.8 Å². The van der Waals surface area contributed by atoms with Gasteiger partial charge in [-0.3, -0.25) is 9.88 Å². The number of carbonyl (C=O) groups excluding carboxylic acids is 1. The van der Waals surface area contributed by atoms with Gasteiger partial charge in [0.15, 0.2) is 0 Å². The number of ether oxygens (including phenoxy) is 1. The van der Waals surface area contributed by atoms with Crippen LogP contribution in [0.3, 0.4) is 0 Å². The summed E-state index contributed by atoms with van der Waals surface area (Å²) in [6.45, 7) is 6.47. The van der Waals surface area contributed by atoms with Crippen LogP contribution in [-0.2, 0) is 11.3 Å². The first-order valence-electron chi connectivity index (χ1n) is 6.50. The predicted molar refractivity (Wildman–Crippen MR) is 77.4 cm³/mol. The van der Waals surface area contributed by atoms with Crippen molar-refractivity contribution in [2.75, 3.05) is 19.4 Å². The Kier molecular flexibility index (Phi) is 4.82. The highest BCUT2D eigenvalue weighted by atomic mass is 32.2. The fourth-order valence-electron chi connectivity index (χ4n) is 2.18. The van der Waals surface area contributed by atoms with E-state index in [0.717, 1.165) is 18.8 Å². The Bertz CT molecular complexity index is 436. The van der Waals surface area contributed by atoms with Gasteiger partial charge in [0.1, 0.15) is 0 Å². The predicted octanol–water partition coefficient (Wildman–Crippen LogP) is 2.19. The molecule has 5 heteroatoms. The summed E-state index contributed by atoms with van der Waals surface area (Å²) in [7, 11) is 1.38. The first-order valence-corrected chi connectivity index (χ1v) is 7.55. The van der Waals surface area contributed by atoms with Gasteiger partial charge in [-0.2, -0.15) is 11.8 Å². The summed E-state index contributed by atoms with van der Waals surface area (Å²) in [5, 5.41) is 0.656. The molecule has 1 saturated heterocycles. The molecule has 2 rings (SSSR count). The maximum Gasteiger partial charge on any atom is 0.339 e. The van der Waals surface area contributed by atoms with Crippen LogP contribution in [0, 0.1) is 0 Å². The molecular weight excluding hydrogens is 260 g/mol. The van der Waals surface area contributed by atoms with Crippen molar-refractivity contribution in [2.45, 2.75) is 31.7 Å². The molecule has 1 aliphatic heterocycles. The number of esters is 1. The molecule has 1 aromatic heterocycles. The van der Waals surface area contributed by atoms with Crippen molar-refractivity contribution < 1.29 is 9.53 Å². The summed E-state index contributed by atoms with van der Waals surface area (Å²) < 4.78 is 4.67. The molecule has 104 valence electrons. The Hall–Kier alpha value is -1.07. The molecule has 0 aromatic carbocycles. The Morgan fingerprint density at radius 1 is 1.53 bits per heavy atom. The van der Waals surface area contributed by atoms with E-state index < -0.39 is 0 Å². The second-order valence-corrected chi connectivity index (χ2v) is 6.30. The van der Waals surface area contributed by atoms with Gasteiger partial charge in [0.05, 0.1) is 18.4 Å². The fourth-order valence-corrected chi connectivity index (χ4v) is 3.35. The normalized spacial score (nSPS) is 24.2. The maximum atomic E-state index is 11.3. The zero-order valence-electron chi connectivity index (χ0n) is 11.6. The van der Waals surface area contributed by atoms with Crippen LogP contribution in [0.15, 0.2) is 18.3 Å². The molecule has 0 N–H and O–H groups in total. The zero-order valence-corrected chi connectivity index (χ0v) is 12.4. The lowest BCUT2D eigenvalue weighted by atomic mass is 10.2. The van der Waals surface area contributed by atoms with Gasteiger partial charge in [0, 0.05) is 36.3 Å². The summed E-state index contributed by atoms with van der Waals surface area (Å²) >= 11 is 2.03. The minimum atomic E-state index is -0.338. The van der Waals surface area contributed by atoms with Gasteiger partial charge in [-0.1, -0.05) is 6.92 Å². The fraction of sp³-hybridized carbons (Fsp3) is 0.571. The van der Waals surface area contributed by atoms with Gasteiger partial charge in [0.25, 0.3) is 0 Å². The van der Waals surface area contributed by atoms with E-state index in [1.807, 2.05) is 17.8 Å². The SMILES string of the molecule is COC(=O)c1ccc(CN2CCSC(C)C2C)nc1. The van der Waals surface area contributed by atoms with E-state index in [1.54, 1.807) is 12.3 Å². The van der Waals surface area contributed by atoms with Crippen LogP contribution in [0.25, 0.3) is 0 Å². The lowest BCUT2D eigenvalue weighted by molar-refractivity contribution is 0.0600. The van der Waals surface area contributed by atoms with Crippen LogP contribution < -0.4 is 0 Å². The van der Waals surface area contributed by atoms with E-state index in [1.165, 1.54) is 12.9 Å². The van der Waals surface area contributed by atoms with Gasteiger partial charge in [0.2, 0.25) is 0 Å². The number of carbonyl (C=O) groups is 1. The van der Waals surface area contributed by atoms with E-state index in [-0.39, 0.29) is 5.97 Å². The van der Waals surface area contributed by atoms with Crippen molar-refractivity contribution in [2.24, 2.45) is 0 Å². The third-order valence-electron chi connectivity index (χ3n) is 3.63. The van der Waals surface area contributed by atoms with Crippen LogP contribution in [-0.4, -0.2) is 46.6 Å². The Morgan fingerprint density at radius 2 is 2.32 bits per heavy atom. The summed E-state index contributed by atoms with van der Waals surface area (Å²) in [5.74, 6) is 0.835. The lowest BCUT2D eigenvalue weighted by Crippen LogP contribution is -2.44. The van der Waals surface area contributed by atoms with Crippen molar-refractivity contribution in [1.82, 2.24) is 9.88 Å². The highest BCUT2D eigenvalue weighted by molar-refractivity contribution is 8.00. The molecule has 2 heterocycles. The van der Waals surface area contributed by atoms with E-state index in [2.05, 4.69) is 28.5 Å². The second-order valence-electron chi connectivity index (χ2n) is 4.82. The monoisotopic (exact) mass is 280 g/mol. The first-order chi connectivity index (χ1) is 9.11. The molecule has 0 radical (unpaired) electrons. The maximum absolute atomic E-state index is 11.3. The molecule has 0 amide bonds. The minimum Gasteiger partial charge on any atom is -0.465 e. The largest absolute Gasteiger partial charge is 0.465 e. The number of nitrogens with zero attached hydrogens (tertiary/aromatic N) is 2. The van der Waals surface area contributed by atoms with Gasteiger partial charge in [-0.05, 0) is 19.1 Å². The van der Waals surface area contributed by atoms with Crippen molar-refractivity contribution in [3.05, 3.63) is 29.6 Å². The quantitative estimate of drug-likeness (QED) is 0.794. The summed E-state index contributed by atoms with van der Waals surface area (Å²) in [6, 6.07) is 4.24. The van der Waals surface area contributed by atoms with Crippen molar-refractivity contribution in [3.8, 4) is 0 Å². The third-order valence-corrected chi connectivity index (χ3v) is 4.96. The summed E-state index contributed by atoms with van der Waals surface area (Å²) in [4.78, 5) is 18.1. The molecule has 0 spiro atoms. The van der Waals surface area contributed by atoms with Gasteiger partial charge in [-0.15, -0.1) is 0 Å². The van der Waals surface area contributed by atoms with Gasteiger partial charge in [-0.25, -0.2) is 4.79 Å². The highest BCUT2D eigenvalue weighted by Crippen LogP contribution is 2.25. The molecule has 4 nitrogen and oxygen atoms in total. The first kappa shape index (κ1) is 14.3. The molecular formula is C14H20N2O2S. The van der Waals surface area contributed by atoms with Crippen LogP contribution in [0.4, 0.5) is 0 Å². The van der Waals surface area contributed by atoms with E-state index in [0.29, 0.717) is 16.9 Å².